The fraction of sp³-hybridized carbons (Fsp3) is 0.524. The minimum Gasteiger partial charge on any atom is -0.370 e. The quantitative estimate of drug-likeness (QED) is 0.139. The van der Waals surface area contributed by atoms with Crippen LogP contribution < -0.4 is 27.4 Å². The van der Waals surface area contributed by atoms with Gasteiger partial charge >= 0.3 is 0 Å². The lowest BCUT2D eigenvalue weighted by atomic mass is 10.1. The summed E-state index contributed by atoms with van der Waals surface area (Å²) < 4.78 is 0. The molecule has 0 aliphatic heterocycles. The number of unbranched alkanes of at least 4 members (excludes halogenated alkanes) is 2. The molecule has 1 rings (SSSR count). The normalized spacial score (nSPS) is 11.3. The van der Waals surface area contributed by atoms with Gasteiger partial charge in [-0.1, -0.05) is 30.3 Å². The maximum absolute atomic E-state index is 12.0. The van der Waals surface area contributed by atoms with E-state index in [1.165, 1.54) is 0 Å². The fourth-order valence-electron chi connectivity index (χ4n) is 2.88. The van der Waals surface area contributed by atoms with Gasteiger partial charge in [-0.2, -0.15) is 0 Å². The minimum absolute atomic E-state index is 0.00337. The molecule has 1 atom stereocenters. The highest BCUT2D eigenvalue weighted by molar-refractivity contribution is 5.86. The van der Waals surface area contributed by atoms with Crippen LogP contribution in [0.2, 0.25) is 0 Å². The Hall–Kier alpha value is -3.10. The highest BCUT2D eigenvalue weighted by Gasteiger charge is 2.17. The van der Waals surface area contributed by atoms with Crippen LogP contribution in [0.25, 0.3) is 0 Å². The second kappa shape index (κ2) is 14.8. The second-order valence-electron chi connectivity index (χ2n) is 7.15. The molecule has 30 heavy (non-hydrogen) atoms. The molecule has 0 saturated carbocycles. The molecular weight excluding hydrogens is 384 g/mol. The molecule has 0 radical (unpaired) electrons. The summed E-state index contributed by atoms with van der Waals surface area (Å²) in [6.07, 6.45) is 4.53. The molecule has 0 aliphatic carbocycles. The summed E-state index contributed by atoms with van der Waals surface area (Å²) in [4.78, 5) is 35.4. The smallest absolute Gasteiger partial charge is 0.239 e. The first kappa shape index (κ1) is 24.9. The van der Waals surface area contributed by atoms with E-state index < -0.39 is 11.9 Å². The van der Waals surface area contributed by atoms with Gasteiger partial charge in [0.25, 0.3) is 0 Å². The molecule has 1 aromatic rings. The van der Waals surface area contributed by atoms with E-state index in [1.54, 1.807) is 0 Å². The number of nitrogens with two attached hydrogens (primary N) is 2. The molecule has 0 fully saturated rings. The van der Waals surface area contributed by atoms with Crippen molar-refractivity contribution in [2.24, 2.45) is 11.5 Å². The van der Waals surface area contributed by atoms with E-state index in [0.717, 1.165) is 5.56 Å². The number of carbonyl (C=O) groups excluding carboxylic acids is 3. The number of nitrogens with one attached hydrogen (secondary N) is 4. The van der Waals surface area contributed by atoms with Crippen molar-refractivity contribution in [2.75, 3.05) is 13.1 Å². The highest BCUT2D eigenvalue weighted by atomic mass is 16.2. The van der Waals surface area contributed by atoms with E-state index >= 15 is 0 Å². The van der Waals surface area contributed by atoms with Gasteiger partial charge in [0.2, 0.25) is 17.7 Å². The topological polar surface area (TPSA) is 163 Å². The molecule has 0 aliphatic rings. The monoisotopic (exact) mass is 418 g/mol. The third-order valence-corrected chi connectivity index (χ3v) is 4.55. The zero-order valence-corrected chi connectivity index (χ0v) is 17.4. The highest BCUT2D eigenvalue weighted by Crippen LogP contribution is 2.04. The number of aryl methyl sites for hydroxylation is 1. The third-order valence-electron chi connectivity index (χ3n) is 4.55. The maximum atomic E-state index is 12.0. The van der Waals surface area contributed by atoms with Crippen LogP contribution >= 0.6 is 0 Å². The summed E-state index contributed by atoms with van der Waals surface area (Å²) in [6, 6.07) is 9.13. The van der Waals surface area contributed by atoms with Crippen molar-refractivity contribution in [3.05, 3.63) is 35.9 Å². The summed E-state index contributed by atoms with van der Waals surface area (Å²) in [6.45, 7) is 1.05. The van der Waals surface area contributed by atoms with Crippen LogP contribution in [0.1, 0.15) is 50.5 Å². The van der Waals surface area contributed by atoms with Gasteiger partial charge in [0.15, 0.2) is 5.96 Å². The summed E-state index contributed by atoms with van der Waals surface area (Å²) >= 11 is 0. The zero-order chi connectivity index (χ0) is 22.2. The zero-order valence-electron chi connectivity index (χ0n) is 17.4. The number of carbonyl (C=O) groups is 3. The van der Waals surface area contributed by atoms with Crippen molar-refractivity contribution in [3.63, 3.8) is 0 Å². The molecule has 0 saturated heterocycles. The molecule has 0 spiro atoms. The lowest BCUT2D eigenvalue weighted by molar-refractivity contribution is -0.127. The lowest BCUT2D eigenvalue weighted by Crippen LogP contribution is -2.44. The van der Waals surface area contributed by atoms with Crippen molar-refractivity contribution in [1.82, 2.24) is 16.0 Å². The maximum Gasteiger partial charge on any atom is 0.239 e. The van der Waals surface area contributed by atoms with Gasteiger partial charge in [-0.05, 0) is 44.1 Å². The van der Waals surface area contributed by atoms with Crippen molar-refractivity contribution in [1.29, 1.82) is 5.41 Å². The van der Waals surface area contributed by atoms with Crippen LogP contribution in [0, 0.1) is 5.41 Å². The predicted octanol–water partition coefficient (Wildman–Crippen LogP) is 0.529. The van der Waals surface area contributed by atoms with Gasteiger partial charge in [0.1, 0.15) is 6.04 Å². The van der Waals surface area contributed by atoms with Crippen LogP contribution in [0.4, 0.5) is 0 Å². The largest absolute Gasteiger partial charge is 0.370 e. The van der Waals surface area contributed by atoms with Crippen LogP contribution in [-0.2, 0) is 20.8 Å². The molecular formula is C21H34N6O3. The second-order valence-corrected chi connectivity index (χ2v) is 7.15. The van der Waals surface area contributed by atoms with Crippen LogP contribution in [0.15, 0.2) is 30.3 Å². The molecule has 0 bridgehead atoms. The molecule has 166 valence electrons. The first-order chi connectivity index (χ1) is 14.4. The molecule has 0 aromatic heterocycles. The van der Waals surface area contributed by atoms with Gasteiger partial charge in [-0.25, -0.2) is 0 Å². The minimum atomic E-state index is -0.701. The molecule has 9 heteroatoms. The first-order valence-electron chi connectivity index (χ1n) is 10.4. The Kier molecular flexibility index (Phi) is 12.3. The Morgan fingerprint density at radius 3 is 2.20 bits per heavy atom. The predicted molar refractivity (Wildman–Crippen MR) is 117 cm³/mol. The Morgan fingerprint density at radius 2 is 1.53 bits per heavy atom. The standard InChI is InChI=1S/C21H34N6O3/c22-20(30)17(10-4-6-15-26-21(23)24)27-19(29)11-5-7-14-25-18(28)13-12-16-8-2-1-3-9-16/h1-3,8-9,17H,4-7,10-15H2,(H2,22,30)(H,25,28)(H,27,29)(H4,23,24,26)/t17-/m1/s1. The van der Waals surface area contributed by atoms with Crippen LogP contribution in [0.5, 0.6) is 0 Å². The van der Waals surface area contributed by atoms with Crippen molar-refractivity contribution in [2.45, 2.75) is 57.4 Å². The van der Waals surface area contributed by atoms with Crippen LogP contribution in [0.3, 0.4) is 0 Å². The van der Waals surface area contributed by atoms with E-state index in [1.807, 2.05) is 30.3 Å². The fourth-order valence-corrected chi connectivity index (χ4v) is 2.88. The summed E-state index contributed by atoms with van der Waals surface area (Å²) in [5, 5.41) is 15.3. The average Bonchev–Trinajstić information content (AvgIpc) is 2.71. The van der Waals surface area contributed by atoms with Gasteiger partial charge in [-0.15, -0.1) is 0 Å². The van der Waals surface area contributed by atoms with Gasteiger partial charge in [0.05, 0.1) is 0 Å². The number of rotatable bonds is 15. The van der Waals surface area contributed by atoms with Gasteiger partial charge < -0.3 is 27.4 Å². The van der Waals surface area contributed by atoms with E-state index in [-0.39, 0.29) is 24.2 Å². The Labute approximate surface area is 177 Å². The number of hydrogen-bond donors (Lipinski definition) is 6. The Balaban J connectivity index is 2.11. The molecule has 0 unspecified atom stereocenters. The molecule has 1 aromatic carbocycles. The summed E-state index contributed by atoms with van der Waals surface area (Å²) in [5.74, 6) is -0.886. The molecule has 3 amide bonds. The number of amides is 3. The third kappa shape index (κ3) is 12.4. The summed E-state index contributed by atoms with van der Waals surface area (Å²) in [7, 11) is 0. The lowest BCUT2D eigenvalue weighted by Gasteiger charge is -2.15. The Morgan fingerprint density at radius 1 is 0.867 bits per heavy atom. The number of guanidine groups is 1. The SMILES string of the molecule is N=C(N)NCCCC[C@@H](NC(=O)CCCCNC(=O)CCc1ccccc1)C(N)=O. The summed E-state index contributed by atoms with van der Waals surface area (Å²) in [5.41, 5.74) is 11.7. The average molecular weight is 419 g/mol. The van der Waals surface area contributed by atoms with Crippen molar-refractivity contribution in [3.8, 4) is 0 Å². The van der Waals surface area contributed by atoms with Gasteiger partial charge in [-0.3, -0.25) is 19.8 Å². The number of benzene rings is 1. The van der Waals surface area contributed by atoms with Crippen molar-refractivity contribution >= 4 is 23.7 Å². The number of primary amides is 1. The molecule has 0 heterocycles. The van der Waals surface area contributed by atoms with E-state index in [4.69, 9.17) is 16.9 Å². The van der Waals surface area contributed by atoms with Crippen LogP contribution in [-0.4, -0.2) is 42.8 Å². The Bertz CT molecular complexity index is 681. The van der Waals surface area contributed by atoms with Gasteiger partial charge in [0, 0.05) is 25.9 Å². The van der Waals surface area contributed by atoms with E-state index in [2.05, 4.69) is 16.0 Å². The molecule has 8 N–H and O–H groups in total. The van der Waals surface area contributed by atoms with Crippen molar-refractivity contribution < 1.29 is 14.4 Å². The molecule has 9 nitrogen and oxygen atoms in total. The van der Waals surface area contributed by atoms with E-state index in [9.17, 15) is 14.4 Å². The number of hydrogen-bond acceptors (Lipinski definition) is 4. The van der Waals surface area contributed by atoms with E-state index in [0.29, 0.717) is 58.0 Å². The first-order valence-corrected chi connectivity index (χ1v) is 10.4.